The highest BCUT2D eigenvalue weighted by Crippen LogP contribution is 2.16. The van der Waals surface area contributed by atoms with Gasteiger partial charge in [-0.1, -0.05) is 0 Å². The lowest BCUT2D eigenvalue weighted by Crippen LogP contribution is -2.38. The zero-order chi connectivity index (χ0) is 12.3. The summed E-state index contributed by atoms with van der Waals surface area (Å²) in [6.45, 7) is 11.1. The fraction of sp³-hybridized carbons (Fsp3) is 0.769. The Morgan fingerprint density at radius 1 is 1.35 bits per heavy atom. The average molecular weight is 253 g/mol. The molecule has 0 aromatic carbocycles. The first-order valence-electron chi connectivity index (χ1n) is 6.54. The lowest BCUT2D eigenvalue weighted by atomic mass is 10.3. The second-order valence-electron chi connectivity index (χ2n) is 4.97. The van der Waals surface area contributed by atoms with Crippen LogP contribution < -0.4 is 5.32 Å². The molecule has 1 saturated heterocycles. The van der Waals surface area contributed by atoms with Gasteiger partial charge in [0.05, 0.1) is 5.69 Å². The van der Waals surface area contributed by atoms with E-state index in [1.165, 1.54) is 41.5 Å². The second-order valence-corrected chi connectivity index (χ2v) is 6.26. The van der Waals surface area contributed by atoms with E-state index in [0.29, 0.717) is 6.04 Å². The molecule has 1 aliphatic rings. The molecular formula is C13H23N3S. The van der Waals surface area contributed by atoms with Crippen molar-refractivity contribution < 1.29 is 0 Å². The van der Waals surface area contributed by atoms with Crippen LogP contribution in [0, 0.1) is 13.8 Å². The van der Waals surface area contributed by atoms with Crippen LogP contribution in [0.5, 0.6) is 0 Å². The number of likely N-dealkylation sites (tertiary alicyclic amines) is 1. The van der Waals surface area contributed by atoms with Crippen molar-refractivity contribution in [1.82, 2.24) is 15.2 Å². The molecule has 1 N–H and O–H groups in total. The van der Waals surface area contributed by atoms with Gasteiger partial charge in [-0.15, -0.1) is 11.3 Å². The minimum atomic E-state index is 0.652. The summed E-state index contributed by atoms with van der Waals surface area (Å²) in [5.41, 5.74) is 1.18. The summed E-state index contributed by atoms with van der Waals surface area (Å²) in [5, 5.41) is 4.74. The third kappa shape index (κ3) is 3.50. The highest BCUT2D eigenvalue weighted by molar-refractivity contribution is 7.11. The van der Waals surface area contributed by atoms with E-state index in [1.807, 2.05) is 11.3 Å². The fourth-order valence-electron chi connectivity index (χ4n) is 2.31. The summed E-state index contributed by atoms with van der Waals surface area (Å²) in [7, 11) is 0. The standard InChI is InChI=1S/C13H23N3S/c1-10(16-6-4-5-7-16)8-14-9-13-15-11(2)12(3)17-13/h10,14H,4-9H2,1-3H3. The first kappa shape index (κ1) is 13.0. The van der Waals surface area contributed by atoms with Crippen LogP contribution in [0.15, 0.2) is 0 Å². The van der Waals surface area contributed by atoms with Crippen LogP contribution in [0.25, 0.3) is 0 Å². The third-order valence-corrected chi connectivity index (χ3v) is 4.63. The smallest absolute Gasteiger partial charge is 0.107 e. The minimum absolute atomic E-state index is 0.652. The molecule has 0 bridgehead atoms. The largest absolute Gasteiger partial charge is 0.309 e. The predicted molar refractivity (Wildman–Crippen MR) is 73.6 cm³/mol. The van der Waals surface area contributed by atoms with E-state index in [-0.39, 0.29) is 0 Å². The highest BCUT2D eigenvalue weighted by Gasteiger charge is 2.17. The maximum Gasteiger partial charge on any atom is 0.107 e. The molecule has 2 heterocycles. The molecule has 0 aliphatic carbocycles. The molecule has 0 spiro atoms. The van der Waals surface area contributed by atoms with Crippen molar-refractivity contribution in [3.63, 3.8) is 0 Å². The highest BCUT2D eigenvalue weighted by atomic mass is 32.1. The Hall–Kier alpha value is -0.450. The zero-order valence-corrected chi connectivity index (χ0v) is 11.9. The van der Waals surface area contributed by atoms with Crippen LogP contribution in [0.1, 0.15) is 35.3 Å². The van der Waals surface area contributed by atoms with Crippen molar-refractivity contribution in [3.8, 4) is 0 Å². The number of hydrogen-bond donors (Lipinski definition) is 1. The van der Waals surface area contributed by atoms with Gasteiger partial charge in [0.15, 0.2) is 0 Å². The molecular weight excluding hydrogens is 230 g/mol. The van der Waals surface area contributed by atoms with Gasteiger partial charge in [0.1, 0.15) is 5.01 Å². The normalized spacial score (nSPS) is 18.8. The Kier molecular flexibility index (Phi) is 4.54. The third-order valence-electron chi connectivity index (χ3n) is 3.55. The average Bonchev–Trinajstić information content (AvgIpc) is 2.90. The van der Waals surface area contributed by atoms with E-state index in [0.717, 1.165) is 13.1 Å². The number of rotatable bonds is 5. The summed E-state index contributed by atoms with van der Waals surface area (Å²) in [5.74, 6) is 0. The van der Waals surface area contributed by atoms with Gasteiger partial charge in [0, 0.05) is 24.0 Å². The number of hydrogen-bond acceptors (Lipinski definition) is 4. The summed E-state index contributed by atoms with van der Waals surface area (Å²) in [6, 6.07) is 0.652. The van der Waals surface area contributed by atoms with Crippen LogP contribution >= 0.6 is 11.3 Å². The Morgan fingerprint density at radius 2 is 2.06 bits per heavy atom. The van der Waals surface area contributed by atoms with Crippen molar-refractivity contribution in [1.29, 1.82) is 0 Å². The van der Waals surface area contributed by atoms with Crippen LogP contribution in [0.2, 0.25) is 0 Å². The number of aromatic nitrogens is 1. The predicted octanol–water partition coefficient (Wildman–Crippen LogP) is 2.33. The SMILES string of the molecule is Cc1nc(CNCC(C)N2CCCC2)sc1C. The van der Waals surface area contributed by atoms with Crippen LogP contribution in [-0.4, -0.2) is 35.6 Å². The molecule has 1 unspecified atom stereocenters. The van der Waals surface area contributed by atoms with Gasteiger partial charge in [0.25, 0.3) is 0 Å². The summed E-state index contributed by atoms with van der Waals surface area (Å²) < 4.78 is 0. The lowest BCUT2D eigenvalue weighted by Gasteiger charge is -2.23. The van der Waals surface area contributed by atoms with Crippen molar-refractivity contribution in [2.24, 2.45) is 0 Å². The number of nitrogens with zero attached hydrogens (tertiary/aromatic N) is 2. The molecule has 0 radical (unpaired) electrons. The first-order chi connectivity index (χ1) is 8.16. The zero-order valence-electron chi connectivity index (χ0n) is 11.1. The van der Waals surface area contributed by atoms with Gasteiger partial charge >= 0.3 is 0 Å². The van der Waals surface area contributed by atoms with Gasteiger partial charge in [-0.25, -0.2) is 4.98 Å². The van der Waals surface area contributed by atoms with Gasteiger partial charge in [0.2, 0.25) is 0 Å². The van der Waals surface area contributed by atoms with E-state index in [2.05, 4.69) is 36.0 Å². The maximum atomic E-state index is 4.55. The lowest BCUT2D eigenvalue weighted by molar-refractivity contribution is 0.251. The van der Waals surface area contributed by atoms with Crippen LogP contribution in [-0.2, 0) is 6.54 Å². The molecule has 1 aromatic rings. The van der Waals surface area contributed by atoms with Gasteiger partial charge < -0.3 is 5.32 Å². The summed E-state index contributed by atoms with van der Waals surface area (Å²) in [6.07, 6.45) is 2.74. The maximum absolute atomic E-state index is 4.55. The first-order valence-corrected chi connectivity index (χ1v) is 7.36. The molecule has 1 fully saturated rings. The molecule has 0 saturated carbocycles. The summed E-state index contributed by atoms with van der Waals surface area (Å²) in [4.78, 5) is 8.46. The van der Waals surface area contributed by atoms with E-state index in [4.69, 9.17) is 0 Å². The van der Waals surface area contributed by atoms with Gasteiger partial charge in [-0.05, 0) is 46.7 Å². The van der Waals surface area contributed by atoms with Crippen molar-refractivity contribution in [2.75, 3.05) is 19.6 Å². The van der Waals surface area contributed by atoms with E-state index < -0.39 is 0 Å². The monoisotopic (exact) mass is 253 g/mol. The van der Waals surface area contributed by atoms with Crippen molar-refractivity contribution in [2.45, 2.75) is 46.2 Å². The molecule has 96 valence electrons. The molecule has 3 nitrogen and oxygen atoms in total. The van der Waals surface area contributed by atoms with Gasteiger partial charge in [-0.3, -0.25) is 4.90 Å². The quantitative estimate of drug-likeness (QED) is 0.873. The molecule has 1 atom stereocenters. The number of nitrogens with one attached hydrogen (secondary N) is 1. The Morgan fingerprint density at radius 3 is 2.65 bits per heavy atom. The number of thiazole rings is 1. The topological polar surface area (TPSA) is 28.2 Å². The Balaban J connectivity index is 1.71. The van der Waals surface area contributed by atoms with Crippen molar-refractivity contribution in [3.05, 3.63) is 15.6 Å². The molecule has 4 heteroatoms. The summed E-state index contributed by atoms with van der Waals surface area (Å²) >= 11 is 1.81. The van der Waals surface area contributed by atoms with Crippen LogP contribution in [0.4, 0.5) is 0 Å². The molecule has 17 heavy (non-hydrogen) atoms. The van der Waals surface area contributed by atoms with E-state index >= 15 is 0 Å². The minimum Gasteiger partial charge on any atom is -0.309 e. The molecule has 1 aliphatic heterocycles. The Bertz CT molecular complexity index is 336. The van der Waals surface area contributed by atoms with Crippen molar-refractivity contribution >= 4 is 11.3 Å². The molecule has 1 aromatic heterocycles. The molecule has 2 rings (SSSR count). The molecule has 0 amide bonds. The van der Waals surface area contributed by atoms with E-state index in [9.17, 15) is 0 Å². The second kappa shape index (κ2) is 5.94. The van der Waals surface area contributed by atoms with Crippen LogP contribution in [0.3, 0.4) is 0 Å². The fourth-order valence-corrected chi connectivity index (χ4v) is 3.22. The van der Waals surface area contributed by atoms with Gasteiger partial charge in [-0.2, -0.15) is 0 Å². The Labute approximate surface area is 108 Å². The number of aryl methyl sites for hydroxylation is 2. The van der Waals surface area contributed by atoms with E-state index in [1.54, 1.807) is 0 Å².